The summed E-state index contributed by atoms with van der Waals surface area (Å²) in [6.45, 7) is 2.39. The predicted octanol–water partition coefficient (Wildman–Crippen LogP) is 1.04. The number of primary sulfonamides is 1. The highest BCUT2D eigenvalue weighted by Gasteiger charge is 2.06. The van der Waals surface area contributed by atoms with E-state index in [0.717, 1.165) is 17.1 Å². The van der Waals surface area contributed by atoms with Crippen LogP contribution in [0.2, 0.25) is 0 Å². The summed E-state index contributed by atoms with van der Waals surface area (Å²) in [5, 5.41) is 8.14. The number of nitrogens with one attached hydrogen (secondary N) is 1. The first-order valence-electron chi connectivity index (χ1n) is 5.59. The van der Waals surface area contributed by atoms with Crippen LogP contribution in [0.3, 0.4) is 0 Å². The average molecular weight is 278 g/mol. The molecule has 0 spiro atoms. The Morgan fingerprint density at radius 2 is 1.84 bits per heavy atom. The monoisotopic (exact) mass is 278 g/mol. The first-order chi connectivity index (χ1) is 8.95. The number of hydrogen-bond donors (Lipinski definition) is 2. The van der Waals surface area contributed by atoms with Gasteiger partial charge in [0, 0.05) is 11.9 Å². The van der Waals surface area contributed by atoms with E-state index in [1.54, 1.807) is 24.5 Å². The van der Waals surface area contributed by atoms with Crippen LogP contribution in [0.1, 0.15) is 11.4 Å². The molecule has 0 saturated heterocycles. The normalized spacial score (nSPS) is 11.3. The summed E-state index contributed by atoms with van der Waals surface area (Å²) in [5.41, 5.74) is 2.46. The van der Waals surface area contributed by atoms with Crippen LogP contribution in [0.15, 0.2) is 41.6 Å². The maximum absolute atomic E-state index is 11.1. The molecule has 0 saturated carbocycles. The molecule has 0 aliphatic carbocycles. The molecule has 1 heterocycles. The first-order valence-corrected chi connectivity index (χ1v) is 7.14. The molecule has 2 rings (SSSR count). The van der Waals surface area contributed by atoms with E-state index in [4.69, 9.17) is 5.14 Å². The number of rotatable bonds is 4. The minimum absolute atomic E-state index is 0.0909. The summed E-state index contributed by atoms with van der Waals surface area (Å²) in [7, 11) is -3.64. The van der Waals surface area contributed by atoms with Crippen molar-refractivity contribution in [3.63, 3.8) is 0 Å². The molecule has 0 radical (unpaired) electrons. The molecule has 0 aliphatic heterocycles. The van der Waals surface area contributed by atoms with Crippen molar-refractivity contribution in [3.8, 4) is 0 Å². The van der Waals surface area contributed by atoms with Crippen molar-refractivity contribution in [1.29, 1.82) is 0 Å². The molecule has 6 nitrogen and oxygen atoms in total. The van der Waals surface area contributed by atoms with E-state index in [9.17, 15) is 8.42 Å². The molecular weight excluding hydrogens is 264 g/mol. The van der Waals surface area contributed by atoms with E-state index in [1.165, 1.54) is 12.1 Å². The molecule has 0 bridgehead atoms. The van der Waals surface area contributed by atoms with Crippen LogP contribution in [0.4, 0.5) is 5.69 Å². The van der Waals surface area contributed by atoms with Gasteiger partial charge in [-0.15, -0.1) is 0 Å². The van der Waals surface area contributed by atoms with Crippen LogP contribution in [0.25, 0.3) is 0 Å². The minimum atomic E-state index is -3.64. The zero-order valence-electron chi connectivity index (χ0n) is 10.4. The zero-order chi connectivity index (χ0) is 13.9. The number of benzene rings is 1. The highest BCUT2D eigenvalue weighted by molar-refractivity contribution is 7.89. The second-order valence-electron chi connectivity index (χ2n) is 4.07. The van der Waals surface area contributed by atoms with Crippen molar-refractivity contribution in [1.82, 2.24) is 9.97 Å². The smallest absolute Gasteiger partial charge is 0.238 e. The van der Waals surface area contributed by atoms with E-state index in [1.807, 2.05) is 6.92 Å². The molecule has 7 heteroatoms. The lowest BCUT2D eigenvalue weighted by atomic mass is 10.3. The fourth-order valence-corrected chi connectivity index (χ4v) is 1.98. The van der Waals surface area contributed by atoms with Gasteiger partial charge in [0.05, 0.1) is 29.0 Å². The molecule has 0 amide bonds. The lowest BCUT2D eigenvalue weighted by Gasteiger charge is -2.06. The van der Waals surface area contributed by atoms with Gasteiger partial charge in [-0.05, 0) is 31.2 Å². The number of hydrogen-bond acceptors (Lipinski definition) is 5. The maximum Gasteiger partial charge on any atom is 0.238 e. The highest BCUT2D eigenvalue weighted by Crippen LogP contribution is 2.13. The van der Waals surface area contributed by atoms with Crippen molar-refractivity contribution >= 4 is 15.7 Å². The third-order valence-electron chi connectivity index (χ3n) is 2.49. The summed E-state index contributed by atoms with van der Waals surface area (Å²) in [6.07, 6.45) is 3.39. The quantitative estimate of drug-likeness (QED) is 0.871. The van der Waals surface area contributed by atoms with Crippen molar-refractivity contribution < 1.29 is 8.42 Å². The lowest BCUT2D eigenvalue weighted by Crippen LogP contribution is -2.12. The number of sulfonamides is 1. The van der Waals surface area contributed by atoms with Gasteiger partial charge in [-0.3, -0.25) is 9.97 Å². The predicted molar refractivity (Wildman–Crippen MR) is 71.9 cm³/mol. The summed E-state index contributed by atoms with van der Waals surface area (Å²) in [5.74, 6) is 0. The second-order valence-corrected chi connectivity index (χ2v) is 5.63. The number of nitrogens with two attached hydrogens (primary N) is 1. The van der Waals surface area contributed by atoms with Crippen molar-refractivity contribution in [3.05, 3.63) is 48.0 Å². The van der Waals surface area contributed by atoms with Gasteiger partial charge in [0.25, 0.3) is 0 Å². The standard InChI is InChI=1S/C12H14N4O2S/c1-9-6-15-11(7-14-9)8-16-10-2-4-12(5-3-10)19(13,17)18/h2-7,16H,8H2,1H3,(H2,13,17,18). The Morgan fingerprint density at radius 1 is 1.16 bits per heavy atom. The van der Waals surface area contributed by atoms with Crippen LogP contribution in [-0.2, 0) is 16.6 Å². The molecule has 1 aromatic heterocycles. The minimum Gasteiger partial charge on any atom is -0.379 e. The summed E-state index contributed by atoms with van der Waals surface area (Å²) in [6, 6.07) is 6.22. The lowest BCUT2D eigenvalue weighted by molar-refractivity contribution is 0.598. The largest absolute Gasteiger partial charge is 0.379 e. The van der Waals surface area contributed by atoms with Gasteiger partial charge in [-0.1, -0.05) is 0 Å². The molecule has 0 aliphatic rings. The Kier molecular flexibility index (Phi) is 3.77. The van der Waals surface area contributed by atoms with Gasteiger partial charge in [-0.2, -0.15) is 0 Å². The molecule has 3 N–H and O–H groups in total. The molecule has 1 aromatic carbocycles. The van der Waals surface area contributed by atoms with Crippen LogP contribution in [0.5, 0.6) is 0 Å². The molecule has 100 valence electrons. The number of aromatic nitrogens is 2. The summed E-state index contributed by atoms with van der Waals surface area (Å²) in [4.78, 5) is 8.44. The van der Waals surface area contributed by atoms with Crippen LogP contribution < -0.4 is 10.5 Å². The first kappa shape index (κ1) is 13.4. The average Bonchev–Trinajstić information content (AvgIpc) is 2.37. The number of nitrogens with zero attached hydrogens (tertiary/aromatic N) is 2. The fourth-order valence-electron chi connectivity index (χ4n) is 1.47. The topological polar surface area (TPSA) is 98.0 Å². The van der Waals surface area contributed by atoms with Crippen molar-refractivity contribution in [2.24, 2.45) is 5.14 Å². The Labute approximate surface area is 111 Å². The third-order valence-corrected chi connectivity index (χ3v) is 3.42. The Balaban J connectivity index is 2.02. The van der Waals surface area contributed by atoms with Gasteiger partial charge in [-0.25, -0.2) is 13.6 Å². The molecule has 2 aromatic rings. The molecular formula is C12H14N4O2S. The van der Waals surface area contributed by atoms with Crippen LogP contribution in [-0.4, -0.2) is 18.4 Å². The maximum atomic E-state index is 11.1. The Morgan fingerprint density at radius 3 is 2.37 bits per heavy atom. The van der Waals surface area contributed by atoms with Gasteiger partial charge in [0.15, 0.2) is 0 Å². The number of anilines is 1. The molecule has 19 heavy (non-hydrogen) atoms. The van der Waals surface area contributed by atoms with Gasteiger partial charge in [0.2, 0.25) is 10.0 Å². The molecule has 0 unspecified atom stereocenters. The number of aryl methyl sites for hydroxylation is 1. The van der Waals surface area contributed by atoms with Crippen LogP contribution >= 0.6 is 0 Å². The third kappa shape index (κ3) is 3.73. The van der Waals surface area contributed by atoms with Crippen molar-refractivity contribution in [2.45, 2.75) is 18.4 Å². The summed E-state index contributed by atoms with van der Waals surface area (Å²) < 4.78 is 22.2. The van der Waals surface area contributed by atoms with E-state index >= 15 is 0 Å². The van der Waals surface area contributed by atoms with Gasteiger partial charge in [0.1, 0.15) is 0 Å². The van der Waals surface area contributed by atoms with Gasteiger partial charge >= 0.3 is 0 Å². The molecule has 0 fully saturated rings. The van der Waals surface area contributed by atoms with Crippen molar-refractivity contribution in [2.75, 3.05) is 5.32 Å². The second kappa shape index (κ2) is 5.33. The summed E-state index contributed by atoms with van der Waals surface area (Å²) >= 11 is 0. The van der Waals surface area contributed by atoms with Crippen LogP contribution in [0, 0.1) is 6.92 Å². The van der Waals surface area contributed by atoms with E-state index in [0.29, 0.717) is 6.54 Å². The molecule has 0 atom stereocenters. The zero-order valence-corrected chi connectivity index (χ0v) is 11.2. The highest BCUT2D eigenvalue weighted by atomic mass is 32.2. The SMILES string of the molecule is Cc1cnc(CNc2ccc(S(N)(=O)=O)cc2)cn1. The Bertz CT molecular complexity index is 651. The van der Waals surface area contributed by atoms with E-state index in [2.05, 4.69) is 15.3 Å². The van der Waals surface area contributed by atoms with E-state index in [-0.39, 0.29) is 4.90 Å². The van der Waals surface area contributed by atoms with E-state index < -0.39 is 10.0 Å². The Hall–Kier alpha value is -1.99. The van der Waals surface area contributed by atoms with Gasteiger partial charge < -0.3 is 5.32 Å². The fraction of sp³-hybridized carbons (Fsp3) is 0.167.